The molecule has 1 aromatic rings. The zero-order valence-corrected chi connectivity index (χ0v) is 15.7. The van der Waals surface area contributed by atoms with Crippen LogP contribution in [0.1, 0.15) is 63.0 Å². The number of benzene rings is 1. The molecule has 0 aromatic heterocycles. The van der Waals surface area contributed by atoms with Crippen molar-refractivity contribution in [3.05, 3.63) is 35.4 Å². The van der Waals surface area contributed by atoms with Crippen molar-refractivity contribution in [3.63, 3.8) is 0 Å². The lowest BCUT2D eigenvalue weighted by atomic mass is 10.0. The number of carboxylic acid groups (broad SMARTS) is 1. The molecule has 5 nitrogen and oxygen atoms in total. The number of sulfonamides is 1. The average molecular weight is 356 g/mol. The molecule has 0 amide bonds. The molecular formula is C18H29NO4S. The Kier molecular flexibility index (Phi) is 8.42. The quantitative estimate of drug-likeness (QED) is 0.615. The van der Waals surface area contributed by atoms with Gasteiger partial charge in [-0.2, -0.15) is 4.31 Å². The third-order valence-corrected chi connectivity index (χ3v) is 5.27. The van der Waals surface area contributed by atoms with Crippen molar-refractivity contribution in [1.29, 1.82) is 0 Å². The summed E-state index contributed by atoms with van der Waals surface area (Å²) in [5.41, 5.74) is 2.22. The van der Waals surface area contributed by atoms with E-state index in [-0.39, 0.29) is 6.42 Å². The maximum Gasteiger partial charge on any atom is 0.303 e. The van der Waals surface area contributed by atoms with E-state index in [1.54, 1.807) is 0 Å². The van der Waals surface area contributed by atoms with Crippen molar-refractivity contribution in [2.45, 2.75) is 58.4 Å². The molecule has 0 saturated carbocycles. The highest BCUT2D eigenvalue weighted by Gasteiger charge is 2.16. The minimum absolute atomic E-state index is 0.179. The summed E-state index contributed by atoms with van der Waals surface area (Å²) >= 11 is 0. The van der Waals surface area contributed by atoms with Crippen LogP contribution in [0, 0.1) is 0 Å². The fraction of sp³-hybridized carbons (Fsp3) is 0.611. The molecule has 0 unspecified atom stereocenters. The molecule has 0 saturated heterocycles. The van der Waals surface area contributed by atoms with E-state index in [4.69, 9.17) is 5.11 Å². The van der Waals surface area contributed by atoms with Crippen LogP contribution >= 0.6 is 0 Å². The van der Waals surface area contributed by atoms with E-state index in [1.807, 2.05) is 24.3 Å². The van der Waals surface area contributed by atoms with Crippen LogP contribution in [0.2, 0.25) is 0 Å². The predicted molar refractivity (Wildman–Crippen MR) is 96.5 cm³/mol. The van der Waals surface area contributed by atoms with Crippen molar-refractivity contribution in [2.75, 3.05) is 12.8 Å². The highest BCUT2D eigenvalue weighted by molar-refractivity contribution is 7.88. The van der Waals surface area contributed by atoms with E-state index in [0.29, 0.717) is 25.4 Å². The first-order valence-corrected chi connectivity index (χ1v) is 10.3. The van der Waals surface area contributed by atoms with E-state index in [2.05, 4.69) is 13.8 Å². The summed E-state index contributed by atoms with van der Waals surface area (Å²) in [5.74, 6) is -0.325. The van der Waals surface area contributed by atoms with Gasteiger partial charge in [0.2, 0.25) is 10.0 Å². The third-order valence-electron chi connectivity index (χ3n) is 4.02. The van der Waals surface area contributed by atoms with Gasteiger partial charge in [0.15, 0.2) is 0 Å². The Bertz CT molecular complexity index is 608. The summed E-state index contributed by atoms with van der Waals surface area (Å²) in [5, 5.41) is 8.60. The topological polar surface area (TPSA) is 74.7 Å². The van der Waals surface area contributed by atoms with Crippen LogP contribution in [0.5, 0.6) is 0 Å². The Hall–Kier alpha value is -1.40. The molecule has 0 aliphatic carbocycles. The van der Waals surface area contributed by atoms with Crippen LogP contribution in [0.25, 0.3) is 0 Å². The van der Waals surface area contributed by atoms with Gasteiger partial charge < -0.3 is 5.11 Å². The summed E-state index contributed by atoms with van der Waals surface area (Å²) in [7, 11) is -3.26. The van der Waals surface area contributed by atoms with Crippen molar-refractivity contribution in [3.8, 4) is 0 Å². The molecule has 0 aliphatic heterocycles. The molecular weight excluding hydrogens is 326 g/mol. The SMILES string of the molecule is CC(C)c1ccc(CN(CCCCCCC(=O)O)S(C)(=O)=O)cc1. The van der Waals surface area contributed by atoms with Gasteiger partial charge in [-0.15, -0.1) is 0 Å². The van der Waals surface area contributed by atoms with E-state index in [0.717, 1.165) is 24.8 Å². The largest absolute Gasteiger partial charge is 0.481 e. The van der Waals surface area contributed by atoms with E-state index in [1.165, 1.54) is 16.1 Å². The van der Waals surface area contributed by atoms with E-state index < -0.39 is 16.0 Å². The fourth-order valence-electron chi connectivity index (χ4n) is 2.49. The van der Waals surface area contributed by atoms with Crippen LogP contribution in [-0.4, -0.2) is 36.6 Å². The summed E-state index contributed by atoms with van der Waals surface area (Å²) in [6.45, 7) is 5.11. The number of unbranched alkanes of at least 4 members (excludes halogenated alkanes) is 3. The molecule has 0 spiro atoms. The molecule has 1 rings (SSSR count). The minimum atomic E-state index is -3.26. The number of hydrogen-bond donors (Lipinski definition) is 1. The lowest BCUT2D eigenvalue weighted by molar-refractivity contribution is -0.137. The number of carbonyl (C=O) groups is 1. The Morgan fingerprint density at radius 1 is 1.08 bits per heavy atom. The standard InChI is InChI=1S/C18H29NO4S/c1-15(2)17-11-9-16(10-12-17)14-19(24(3,22)23)13-7-5-4-6-8-18(20)21/h9-12,15H,4-8,13-14H2,1-3H3,(H,20,21). The second kappa shape index (κ2) is 9.79. The second-order valence-corrected chi connectivity index (χ2v) is 8.53. The molecule has 0 radical (unpaired) electrons. The monoisotopic (exact) mass is 355 g/mol. The lowest BCUT2D eigenvalue weighted by Crippen LogP contribution is -2.30. The number of rotatable bonds is 11. The molecule has 24 heavy (non-hydrogen) atoms. The van der Waals surface area contributed by atoms with E-state index in [9.17, 15) is 13.2 Å². The van der Waals surface area contributed by atoms with Crippen molar-refractivity contribution in [2.24, 2.45) is 0 Å². The molecule has 136 valence electrons. The molecule has 0 fully saturated rings. The Morgan fingerprint density at radius 3 is 2.17 bits per heavy atom. The number of hydrogen-bond acceptors (Lipinski definition) is 3. The lowest BCUT2D eigenvalue weighted by Gasteiger charge is -2.20. The third kappa shape index (κ3) is 7.93. The van der Waals surface area contributed by atoms with Crippen molar-refractivity contribution in [1.82, 2.24) is 4.31 Å². The zero-order chi connectivity index (χ0) is 18.2. The van der Waals surface area contributed by atoms with Gasteiger partial charge in [0.1, 0.15) is 0 Å². The van der Waals surface area contributed by atoms with Crippen LogP contribution in [0.4, 0.5) is 0 Å². The van der Waals surface area contributed by atoms with Gasteiger partial charge in [-0.25, -0.2) is 8.42 Å². The second-order valence-electron chi connectivity index (χ2n) is 6.55. The summed E-state index contributed by atoms with van der Waals surface area (Å²) in [6, 6.07) is 8.07. The normalized spacial score (nSPS) is 12.0. The Morgan fingerprint density at radius 2 is 1.67 bits per heavy atom. The molecule has 1 N–H and O–H groups in total. The van der Waals surface area contributed by atoms with Crippen LogP contribution in [0.15, 0.2) is 24.3 Å². The number of carboxylic acids is 1. The first-order chi connectivity index (χ1) is 11.2. The molecule has 0 bridgehead atoms. The highest BCUT2D eigenvalue weighted by atomic mass is 32.2. The van der Waals surface area contributed by atoms with Gasteiger partial charge in [-0.1, -0.05) is 51.0 Å². The van der Waals surface area contributed by atoms with Gasteiger partial charge in [-0.05, 0) is 29.9 Å². The van der Waals surface area contributed by atoms with Gasteiger partial charge in [0, 0.05) is 19.5 Å². The van der Waals surface area contributed by atoms with Crippen LogP contribution < -0.4 is 0 Å². The fourth-order valence-corrected chi connectivity index (χ4v) is 3.34. The summed E-state index contributed by atoms with van der Waals surface area (Å²) < 4.78 is 25.4. The van der Waals surface area contributed by atoms with Crippen LogP contribution in [-0.2, 0) is 21.4 Å². The summed E-state index contributed by atoms with van der Waals surface area (Å²) in [6.07, 6.45) is 4.46. The maximum absolute atomic E-state index is 12.0. The van der Waals surface area contributed by atoms with Crippen molar-refractivity contribution >= 4 is 16.0 Å². The minimum Gasteiger partial charge on any atom is -0.481 e. The average Bonchev–Trinajstić information content (AvgIpc) is 2.48. The van der Waals surface area contributed by atoms with E-state index >= 15 is 0 Å². The number of nitrogens with zero attached hydrogens (tertiary/aromatic N) is 1. The predicted octanol–water partition coefficient (Wildman–Crippen LogP) is 3.61. The first kappa shape index (κ1) is 20.6. The molecule has 0 aliphatic rings. The smallest absolute Gasteiger partial charge is 0.303 e. The molecule has 6 heteroatoms. The van der Waals surface area contributed by atoms with Crippen LogP contribution in [0.3, 0.4) is 0 Å². The summed E-state index contributed by atoms with van der Waals surface area (Å²) in [4.78, 5) is 10.5. The maximum atomic E-state index is 12.0. The Balaban J connectivity index is 2.52. The van der Waals surface area contributed by atoms with Gasteiger partial charge in [0.05, 0.1) is 6.26 Å². The zero-order valence-electron chi connectivity index (χ0n) is 14.9. The van der Waals surface area contributed by atoms with Crippen molar-refractivity contribution < 1.29 is 18.3 Å². The van der Waals surface area contributed by atoms with Gasteiger partial charge >= 0.3 is 5.97 Å². The number of aliphatic carboxylic acids is 1. The van der Waals surface area contributed by atoms with Gasteiger partial charge in [0.25, 0.3) is 0 Å². The van der Waals surface area contributed by atoms with Gasteiger partial charge in [-0.3, -0.25) is 4.79 Å². The molecule has 0 heterocycles. The first-order valence-electron chi connectivity index (χ1n) is 8.46. The Labute approximate surface area is 145 Å². The molecule has 0 atom stereocenters. The molecule has 1 aromatic carbocycles. The highest BCUT2D eigenvalue weighted by Crippen LogP contribution is 2.17.